The molecule has 2 heterocycles. The molecule has 1 aliphatic rings. The van der Waals surface area contributed by atoms with Crippen molar-refractivity contribution in [1.82, 2.24) is 15.1 Å². The number of Topliss-reactive ketones (excluding diaryl/α,β-unsaturated/α-hetero) is 1. The SMILES string of the molecule is CCCn1ncc(Cl)c1C(=O)C1CCCCCN1. The Morgan fingerprint density at radius 2 is 2.39 bits per heavy atom. The minimum Gasteiger partial charge on any atom is -0.307 e. The number of aryl methyl sites for hydroxylation is 1. The summed E-state index contributed by atoms with van der Waals surface area (Å²) in [7, 11) is 0. The molecule has 2 rings (SSSR count). The lowest BCUT2D eigenvalue weighted by Gasteiger charge is -2.15. The first-order chi connectivity index (χ1) is 8.74. The second kappa shape index (κ2) is 6.34. The van der Waals surface area contributed by atoms with E-state index in [2.05, 4.69) is 17.3 Å². The Kier molecular flexibility index (Phi) is 4.78. The van der Waals surface area contributed by atoms with Crippen LogP contribution in [0.3, 0.4) is 0 Å². The van der Waals surface area contributed by atoms with Crippen LogP contribution in [0.2, 0.25) is 5.02 Å². The number of nitrogens with zero attached hydrogens (tertiary/aromatic N) is 2. The van der Waals surface area contributed by atoms with Crippen molar-refractivity contribution >= 4 is 17.4 Å². The smallest absolute Gasteiger partial charge is 0.199 e. The molecule has 1 atom stereocenters. The molecule has 1 N–H and O–H groups in total. The van der Waals surface area contributed by atoms with Crippen LogP contribution < -0.4 is 5.32 Å². The highest BCUT2D eigenvalue weighted by Gasteiger charge is 2.26. The largest absolute Gasteiger partial charge is 0.307 e. The van der Waals surface area contributed by atoms with Gasteiger partial charge in [-0.1, -0.05) is 31.4 Å². The fraction of sp³-hybridized carbons (Fsp3) is 0.692. The molecule has 5 heteroatoms. The quantitative estimate of drug-likeness (QED) is 0.855. The summed E-state index contributed by atoms with van der Waals surface area (Å²) >= 11 is 6.10. The molecule has 0 aliphatic carbocycles. The van der Waals surface area contributed by atoms with E-state index in [9.17, 15) is 4.79 Å². The maximum absolute atomic E-state index is 12.5. The first-order valence-electron chi connectivity index (χ1n) is 6.73. The summed E-state index contributed by atoms with van der Waals surface area (Å²) in [4.78, 5) is 12.5. The molecule has 100 valence electrons. The summed E-state index contributed by atoms with van der Waals surface area (Å²) in [6.45, 7) is 3.71. The summed E-state index contributed by atoms with van der Waals surface area (Å²) in [5.41, 5.74) is 0.568. The highest BCUT2D eigenvalue weighted by Crippen LogP contribution is 2.20. The van der Waals surface area contributed by atoms with Crippen molar-refractivity contribution in [2.45, 2.75) is 51.6 Å². The van der Waals surface area contributed by atoms with Crippen molar-refractivity contribution < 1.29 is 4.79 Å². The zero-order chi connectivity index (χ0) is 13.0. The van der Waals surface area contributed by atoms with Crippen LogP contribution >= 0.6 is 11.6 Å². The fourth-order valence-electron chi connectivity index (χ4n) is 2.41. The lowest BCUT2D eigenvalue weighted by atomic mass is 10.0. The maximum atomic E-state index is 12.5. The van der Waals surface area contributed by atoms with E-state index in [1.807, 2.05) is 0 Å². The van der Waals surface area contributed by atoms with Crippen molar-refractivity contribution in [3.63, 3.8) is 0 Å². The predicted molar refractivity (Wildman–Crippen MR) is 72.1 cm³/mol. The van der Waals surface area contributed by atoms with E-state index < -0.39 is 0 Å². The number of ketones is 1. The highest BCUT2D eigenvalue weighted by atomic mass is 35.5. The van der Waals surface area contributed by atoms with Gasteiger partial charge in [0.05, 0.1) is 17.3 Å². The third-order valence-corrected chi connectivity index (χ3v) is 3.62. The van der Waals surface area contributed by atoms with Gasteiger partial charge in [-0.3, -0.25) is 9.48 Å². The molecule has 0 bridgehead atoms. The molecule has 4 nitrogen and oxygen atoms in total. The molecule has 1 saturated heterocycles. The standard InChI is InChI=1S/C13H20ClN3O/c1-2-8-17-12(10(14)9-16-17)13(18)11-6-4-3-5-7-15-11/h9,11,15H,2-8H2,1H3. The Hall–Kier alpha value is -0.870. The van der Waals surface area contributed by atoms with Crippen LogP contribution in [0.25, 0.3) is 0 Å². The Bertz CT molecular complexity index is 408. The second-order valence-electron chi connectivity index (χ2n) is 4.78. The van der Waals surface area contributed by atoms with Gasteiger partial charge in [0, 0.05) is 6.54 Å². The summed E-state index contributed by atoms with van der Waals surface area (Å²) in [5, 5.41) is 7.97. The Labute approximate surface area is 113 Å². The van der Waals surface area contributed by atoms with Crippen LogP contribution in [0.1, 0.15) is 49.5 Å². The van der Waals surface area contributed by atoms with Crippen LogP contribution in [-0.2, 0) is 6.54 Å². The Morgan fingerprint density at radius 1 is 1.56 bits per heavy atom. The second-order valence-corrected chi connectivity index (χ2v) is 5.19. The minimum atomic E-state index is -0.0997. The maximum Gasteiger partial charge on any atom is 0.199 e. The van der Waals surface area contributed by atoms with Crippen LogP contribution in [0, 0.1) is 0 Å². The van der Waals surface area contributed by atoms with E-state index >= 15 is 0 Å². The fourth-order valence-corrected chi connectivity index (χ4v) is 2.64. The first kappa shape index (κ1) is 13.6. The number of carbonyl (C=O) groups is 1. The first-order valence-corrected chi connectivity index (χ1v) is 7.10. The molecule has 0 amide bonds. The topological polar surface area (TPSA) is 46.9 Å². The summed E-state index contributed by atoms with van der Waals surface area (Å²) in [5.74, 6) is 0.0906. The van der Waals surface area contributed by atoms with Crippen LogP contribution in [0.15, 0.2) is 6.20 Å². The number of nitrogens with one attached hydrogen (secondary N) is 1. The van der Waals surface area contributed by atoms with Gasteiger partial charge in [0.1, 0.15) is 5.69 Å². The van der Waals surface area contributed by atoms with Gasteiger partial charge >= 0.3 is 0 Å². The summed E-state index contributed by atoms with van der Waals surface area (Å²) in [6, 6.07) is -0.0997. The van der Waals surface area contributed by atoms with Crippen LogP contribution in [0.4, 0.5) is 0 Å². The highest BCUT2D eigenvalue weighted by molar-refractivity contribution is 6.33. The monoisotopic (exact) mass is 269 g/mol. The summed E-state index contributed by atoms with van der Waals surface area (Å²) in [6.07, 6.45) is 6.84. The molecular weight excluding hydrogens is 250 g/mol. The molecule has 18 heavy (non-hydrogen) atoms. The average molecular weight is 270 g/mol. The van der Waals surface area contributed by atoms with E-state index in [0.29, 0.717) is 10.7 Å². The predicted octanol–water partition coefficient (Wildman–Crippen LogP) is 2.66. The zero-order valence-electron chi connectivity index (χ0n) is 10.8. The van der Waals surface area contributed by atoms with Crippen molar-refractivity contribution in [3.8, 4) is 0 Å². The zero-order valence-corrected chi connectivity index (χ0v) is 11.5. The third kappa shape index (κ3) is 2.93. The number of hydrogen-bond donors (Lipinski definition) is 1. The normalized spacial score (nSPS) is 20.7. The van der Waals surface area contributed by atoms with E-state index in [1.54, 1.807) is 10.9 Å². The molecule has 1 unspecified atom stereocenters. The van der Waals surface area contributed by atoms with E-state index in [4.69, 9.17) is 11.6 Å². The number of rotatable bonds is 4. The lowest BCUT2D eigenvalue weighted by Crippen LogP contribution is -2.37. The van der Waals surface area contributed by atoms with E-state index in [0.717, 1.165) is 38.8 Å². The summed E-state index contributed by atoms with van der Waals surface area (Å²) < 4.78 is 1.73. The van der Waals surface area contributed by atoms with E-state index in [-0.39, 0.29) is 11.8 Å². The van der Waals surface area contributed by atoms with Crippen molar-refractivity contribution in [2.75, 3.05) is 6.54 Å². The lowest BCUT2D eigenvalue weighted by molar-refractivity contribution is 0.0930. The minimum absolute atomic E-state index is 0.0906. The number of halogens is 1. The van der Waals surface area contributed by atoms with Gasteiger partial charge in [-0.25, -0.2) is 0 Å². The van der Waals surface area contributed by atoms with Gasteiger partial charge in [-0.05, 0) is 25.8 Å². The molecule has 1 aromatic rings. The molecule has 1 aliphatic heterocycles. The number of carbonyl (C=O) groups excluding carboxylic acids is 1. The van der Waals surface area contributed by atoms with E-state index in [1.165, 1.54) is 6.42 Å². The molecule has 0 spiro atoms. The van der Waals surface area contributed by atoms with Gasteiger partial charge in [0.25, 0.3) is 0 Å². The molecule has 0 radical (unpaired) electrons. The van der Waals surface area contributed by atoms with Gasteiger partial charge in [0.15, 0.2) is 5.78 Å². The third-order valence-electron chi connectivity index (χ3n) is 3.34. The van der Waals surface area contributed by atoms with Crippen molar-refractivity contribution in [2.24, 2.45) is 0 Å². The molecule has 0 saturated carbocycles. The molecule has 0 aromatic carbocycles. The van der Waals surface area contributed by atoms with Crippen molar-refractivity contribution in [1.29, 1.82) is 0 Å². The molecule has 1 fully saturated rings. The van der Waals surface area contributed by atoms with Gasteiger partial charge in [0.2, 0.25) is 0 Å². The van der Waals surface area contributed by atoms with Gasteiger partial charge in [-0.15, -0.1) is 0 Å². The van der Waals surface area contributed by atoms with Crippen LogP contribution in [0.5, 0.6) is 0 Å². The Morgan fingerprint density at radius 3 is 3.17 bits per heavy atom. The van der Waals surface area contributed by atoms with Gasteiger partial charge < -0.3 is 5.32 Å². The molecule has 1 aromatic heterocycles. The molecular formula is C13H20ClN3O. The average Bonchev–Trinajstić information content (AvgIpc) is 2.58. The van der Waals surface area contributed by atoms with Crippen LogP contribution in [-0.4, -0.2) is 28.2 Å². The number of hydrogen-bond acceptors (Lipinski definition) is 3. The van der Waals surface area contributed by atoms with Crippen molar-refractivity contribution in [3.05, 3.63) is 16.9 Å². The Balaban J connectivity index is 2.18. The van der Waals surface area contributed by atoms with Gasteiger partial charge in [-0.2, -0.15) is 5.10 Å². The number of aromatic nitrogens is 2.